The number of amides is 2. The Morgan fingerprint density at radius 1 is 0.935 bits per heavy atom. The maximum absolute atomic E-state index is 13.7. The molecule has 3 aromatic carbocycles. The number of para-hydroxylation sites is 1. The predicted octanol–water partition coefficient (Wildman–Crippen LogP) is 3.70. The Labute approximate surface area is 181 Å². The molecule has 5 nitrogen and oxygen atoms in total. The number of halogens is 1. The van der Waals surface area contributed by atoms with Gasteiger partial charge in [0.25, 0.3) is 5.91 Å². The molecule has 31 heavy (non-hydrogen) atoms. The van der Waals surface area contributed by atoms with Crippen LogP contribution in [0, 0.1) is 5.82 Å². The van der Waals surface area contributed by atoms with E-state index in [9.17, 15) is 14.0 Å². The van der Waals surface area contributed by atoms with Gasteiger partial charge in [-0.25, -0.2) is 4.39 Å². The number of likely N-dealkylation sites (N-methyl/N-ethyl adjacent to an activating group) is 1. The molecule has 0 aliphatic rings. The summed E-state index contributed by atoms with van der Waals surface area (Å²) in [4.78, 5) is 27.3. The number of carbonyl (C=O) groups excluding carboxylic acids is 2. The maximum atomic E-state index is 13.7. The molecular formula is C25H25FN2O3. The van der Waals surface area contributed by atoms with Gasteiger partial charge in [0.15, 0.2) is 11.6 Å². The summed E-state index contributed by atoms with van der Waals surface area (Å²) >= 11 is 0. The molecule has 3 rings (SSSR count). The molecular weight excluding hydrogens is 395 g/mol. The number of benzene rings is 3. The minimum Gasteiger partial charge on any atom is -0.489 e. The molecule has 160 valence electrons. The number of carbonyl (C=O) groups is 2. The summed E-state index contributed by atoms with van der Waals surface area (Å²) in [5.74, 6) is -0.869. The summed E-state index contributed by atoms with van der Waals surface area (Å²) in [5.41, 5.74) is 1.42. The molecule has 1 atom stereocenters. The van der Waals surface area contributed by atoms with Gasteiger partial charge in [-0.05, 0) is 29.8 Å². The van der Waals surface area contributed by atoms with Gasteiger partial charge in [0.2, 0.25) is 5.91 Å². The van der Waals surface area contributed by atoms with E-state index in [1.54, 1.807) is 43.4 Å². The van der Waals surface area contributed by atoms with Crippen molar-refractivity contribution in [2.24, 2.45) is 0 Å². The molecule has 6 heteroatoms. The van der Waals surface area contributed by atoms with Crippen LogP contribution in [0.4, 0.5) is 4.39 Å². The van der Waals surface area contributed by atoms with Crippen LogP contribution in [0.25, 0.3) is 0 Å². The minimum absolute atomic E-state index is 0.133. The van der Waals surface area contributed by atoms with E-state index in [0.29, 0.717) is 12.0 Å². The van der Waals surface area contributed by atoms with Crippen LogP contribution in [0.15, 0.2) is 84.9 Å². The van der Waals surface area contributed by atoms with E-state index >= 15 is 0 Å². The standard InChI is InChI=1S/C25H25FN2O3/c1-28(16-17-31-23-15-9-8-14-21(23)26)25(30)22(18-19-10-4-2-5-11-19)27-24(29)20-12-6-3-7-13-20/h2-15,22H,16-18H2,1H3,(H,27,29). The number of ether oxygens (including phenoxy) is 1. The first-order chi connectivity index (χ1) is 15.0. The highest BCUT2D eigenvalue weighted by Crippen LogP contribution is 2.15. The van der Waals surface area contributed by atoms with Crippen molar-refractivity contribution in [2.75, 3.05) is 20.2 Å². The van der Waals surface area contributed by atoms with Gasteiger partial charge >= 0.3 is 0 Å². The van der Waals surface area contributed by atoms with Crippen LogP contribution in [0.2, 0.25) is 0 Å². The summed E-state index contributed by atoms with van der Waals surface area (Å²) in [5, 5.41) is 2.85. The van der Waals surface area contributed by atoms with Gasteiger partial charge < -0.3 is 15.0 Å². The smallest absolute Gasteiger partial charge is 0.251 e. The van der Waals surface area contributed by atoms with E-state index in [1.807, 2.05) is 36.4 Å². The second-order valence-corrected chi connectivity index (χ2v) is 7.12. The highest BCUT2D eigenvalue weighted by atomic mass is 19.1. The summed E-state index contributed by atoms with van der Waals surface area (Å²) in [7, 11) is 1.64. The van der Waals surface area contributed by atoms with Crippen LogP contribution < -0.4 is 10.1 Å². The Kier molecular flexibility index (Phi) is 7.76. The monoisotopic (exact) mass is 420 g/mol. The molecule has 0 aliphatic carbocycles. The lowest BCUT2D eigenvalue weighted by Gasteiger charge is -2.25. The predicted molar refractivity (Wildman–Crippen MR) is 117 cm³/mol. The maximum Gasteiger partial charge on any atom is 0.251 e. The number of hydrogen-bond acceptors (Lipinski definition) is 3. The Morgan fingerprint density at radius 2 is 1.55 bits per heavy atom. The fraction of sp³-hybridized carbons (Fsp3) is 0.200. The first-order valence-corrected chi connectivity index (χ1v) is 10.1. The van der Waals surface area contributed by atoms with Gasteiger partial charge in [0.05, 0.1) is 6.54 Å². The highest BCUT2D eigenvalue weighted by Gasteiger charge is 2.25. The van der Waals surface area contributed by atoms with Crippen molar-refractivity contribution < 1.29 is 18.7 Å². The molecule has 2 amide bonds. The zero-order valence-electron chi connectivity index (χ0n) is 17.3. The molecule has 0 radical (unpaired) electrons. The third-order valence-electron chi connectivity index (χ3n) is 4.82. The molecule has 0 saturated carbocycles. The van der Waals surface area contributed by atoms with Crippen molar-refractivity contribution in [3.05, 3.63) is 102 Å². The van der Waals surface area contributed by atoms with E-state index in [2.05, 4.69) is 5.32 Å². The lowest BCUT2D eigenvalue weighted by molar-refractivity contribution is -0.132. The third kappa shape index (κ3) is 6.40. The van der Waals surface area contributed by atoms with Crippen LogP contribution in [0.5, 0.6) is 5.75 Å². The highest BCUT2D eigenvalue weighted by molar-refractivity contribution is 5.97. The number of nitrogens with one attached hydrogen (secondary N) is 1. The quantitative estimate of drug-likeness (QED) is 0.574. The van der Waals surface area contributed by atoms with E-state index in [1.165, 1.54) is 17.0 Å². The Hall–Kier alpha value is -3.67. The summed E-state index contributed by atoms with van der Waals surface area (Å²) < 4.78 is 19.1. The average Bonchev–Trinajstić information content (AvgIpc) is 2.80. The zero-order chi connectivity index (χ0) is 22.1. The molecule has 0 fully saturated rings. The van der Waals surface area contributed by atoms with Crippen molar-refractivity contribution in [1.29, 1.82) is 0 Å². The first kappa shape index (κ1) is 22.0. The van der Waals surface area contributed by atoms with E-state index < -0.39 is 11.9 Å². The van der Waals surface area contributed by atoms with Gasteiger partial charge in [-0.2, -0.15) is 0 Å². The van der Waals surface area contributed by atoms with Crippen molar-refractivity contribution in [3.8, 4) is 5.75 Å². The minimum atomic E-state index is -0.742. The summed E-state index contributed by atoms with van der Waals surface area (Å²) in [6, 6.07) is 23.7. The van der Waals surface area contributed by atoms with Crippen molar-refractivity contribution in [2.45, 2.75) is 12.5 Å². The first-order valence-electron chi connectivity index (χ1n) is 10.1. The Morgan fingerprint density at radius 3 is 2.23 bits per heavy atom. The van der Waals surface area contributed by atoms with Crippen LogP contribution in [0.1, 0.15) is 15.9 Å². The normalized spacial score (nSPS) is 11.4. The third-order valence-corrected chi connectivity index (χ3v) is 4.82. The molecule has 1 unspecified atom stereocenters. The Balaban J connectivity index is 1.65. The lowest BCUT2D eigenvalue weighted by Crippen LogP contribution is -2.49. The van der Waals surface area contributed by atoms with Crippen LogP contribution in [-0.2, 0) is 11.2 Å². The SMILES string of the molecule is CN(CCOc1ccccc1F)C(=O)C(Cc1ccccc1)NC(=O)c1ccccc1. The van der Waals surface area contributed by atoms with Gasteiger partial charge in [-0.3, -0.25) is 9.59 Å². The molecule has 1 N–H and O–H groups in total. The van der Waals surface area contributed by atoms with Crippen molar-refractivity contribution >= 4 is 11.8 Å². The van der Waals surface area contributed by atoms with Crippen LogP contribution in [-0.4, -0.2) is 43.0 Å². The molecule has 0 spiro atoms. The van der Waals surface area contributed by atoms with Crippen molar-refractivity contribution in [1.82, 2.24) is 10.2 Å². The second-order valence-electron chi connectivity index (χ2n) is 7.12. The average molecular weight is 420 g/mol. The van der Waals surface area contributed by atoms with Crippen LogP contribution in [0.3, 0.4) is 0 Å². The molecule has 0 heterocycles. The molecule has 0 aromatic heterocycles. The number of rotatable bonds is 9. The van der Waals surface area contributed by atoms with E-state index in [0.717, 1.165) is 5.56 Å². The van der Waals surface area contributed by atoms with E-state index in [-0.39, 0.29) is 30.7 Å². The molecule has 0 saturated heterocycles. The fourth-order valence-corrected chi connectivity index (χ4v) is 3.11. The second kappa shape index (κ2) is 10.9. The zero-order valence-corrected chi connectivity index (χ0v) is 17.3. The van der Waals surface area contributed by atoms with Gasteiger partial charge in [0, 0.05) is 19.0 Å². The van der Waals surface area contributed by atoms with Gasteiger partial charge in [-0.15, -0.1) is 0 Å². The molecule has 0 aliphatic heterocycles. The number of hydrogen-bond donors (Lipinski definition) is 1. The van der Waals surface area contributed by atoms with Crippen molar-refractivity contribution in [3.63, 3.8) is 0 Å². The lowest BCUT2D eigenvalue weighted by atomic mass is 10.0. The fourth-order valence-electron chi connectivity index (χ4n) is 3.11. The topological polar surface area (TPSA) is 58.6 Å². The summed E-state index contributed by atoms with van der Waals surface area (Å²) in [6.07, 6.45) is 0.358. The summed E-state index contributed by atoms with van der Waals surface area (Å²) in [6.45, 7) is 0.382. The van der Waals surface area contributed by atoms with Crippen LogP contribution >= 0.6 is 0 Å². The molecule has 3 aromatic rings. The van der Waals surface area contributed by atoms with E-state index in [4.69, 9.17) is 4.74 Å². The molecule has 0 bridgehead atoms. The number of nitrogens with zero attached hydrogens (tertiary/aromatic N) is 1. The van der Waals surface area contributed by atoms with Gasteiger partial charge in [-0.1, -0.05) is 60.7 Å². The Bertz CT molecular complexity index is 996. The largest absolute Gasteiger partial charge is 0.489 e. The van der Waals surface area contributed by atoms with Gasteiger partial charge in [0.1, 0.15) is 12.6 Å².